The van der Waals surface area contributed by atoms with Crippen molar-refractivity contribution in [2.45, 2.75) is 20.3 Å². The summed E-state index contributed by atoms with van der Waals surface area (Å²) in [5.74, 6) is -2.13. The fourth-order valence-corrected chi connectivity index (χ4v) is 1.27. The highest BCUT2D eigenvalue weighted by Crippen LogP contribution is 2.20. The van der Waals surface area contributed by atoms with Crippen LogP contribution in [0.1, 0.15) is 30.6 Å². The molecule has 6 heteroatoms. The molecule has 0 fully saturated rings. The second-order valence-electron chi connectivity index (χ2n) is 4.29. The molecule has 0 aliphatic carbocycles. The predicted octanol–water partition coefficient (Wildman–Crippen LogP) is 1.45. The molecule has 0 saturated carbocycles. The topological polar surface area (TPSA) is 79.3 Å². The lowest BCUT2D eigenvalue weighted by Gasteiger charge is -2.23. The van der Waals surface area contributed by atoms with E-state index in [1.165, 1.54) is 6.20 Å². The van der Waals surface area contributed by atoms with Crippen molar-refractivity contribution in [3.63, 3.8) is 0 Å². The highest BCUT2D eigenvalue weighted by atomic mass is 19.1. The highest BCUT2D eigenvalue weighted by molar-refractivity contribution is 5.94. The zero-order valence-electron chi connectivity index (χ0n) is 10.2. The summed E-state index contributed by atoms with van der Waals surface area (Å²) in [5.41, 5.74) is -0.963. The van der Waals surface area contributed by atoms with Crippen LogP contribution in [0.3, 0.4) is 0 Å². The number of aromatic nitrogens is 1. The SMILES string of the molecule is CCC(C)(CNC(=O)c1cncc(F)c1)C(=O)O. The van der Waals surface area contributed by atoms with Crippen LogP contribution in [0.25, 0.3) is 0 Å². The zero-order chi connectivity index (χ0) is 13.8. The Kier molecular flexibility index (Phi) is 4.36. The normalized spacial score (nSPS) is 13.7. The van der Waals surface area contributed by atoms with Crippen molar-refractivity contribution in [3.05, 3.63) is 29.8 Å². The molecule has 0 saturated heterocycles. The van der Waals surface area contributed by atoms with E-state index in [1.807, 2.05) is 0 Å². The van der Waals surface area contributed by atoms with Gasteiger partial charge in [0.05, 0.1) is 17.2 Å². The van der Waals surface area contributed by atoms with Crippen LogP contribution in [0.4, 0.5) is 4.39 Å². The highest BCUT2D eigenvalue weighted by Gasteiger charge is 2.31. The number of aliphatic carboxylic acids is 1. The molecule has 1 atom stereocenters. The van der Waals surface area contributed by atoms with Crippen LogP contribution in [-0.4, -0.2) is 28.5 Å². The Morgan fingerprint density at radius 1 is 1.50 bits per heavy atom. The number of nitrogens with one attached hydrogen (secondary N) is 1. The Morgan fingerprint density at radius 3 is 2.67 bits per heavy atom. The first-order chi connectivity index (χ1) is 8.39. The number of carbonyl (C=O) groups is 2. The summed E-state index contributed by atoms with van der Waals surface area (Å²) in [6, 6.07) is 1.05. The number of amides is 1. The minimum atomic E-state index is -1.03. The van der Waals surface area contributed by atoms with E-state index in [-0.39, 0.29) is 12.1 Å². The van der Waals surface area contributed by atoms with Crippen LogP contribution >= 0.6 is 0 Å². The molecule has 1 aromatic heterocycles. The molecule has 1 amide bonds. The molecule has 1 unspecified atom stereocenters. The van der Waals surface area contributed by atoms with Gasteiger partial charge < -0.3 is 10.4 Å². The Hall–Kier alpha value is -1.98. The summed E-state index contributed by atoms with van der Waals surface area (Å²) < 4.78 is 12.9. The second-order valence-corrected chi connectivity index (χ2v) is 4.29. The summed E-state index contributed by atoms with van der Waals surface area (Å²) in [4.78, 5) is 26.3. The molecular weight excluding hydrogens is 239 g/mol. The number of carboxylic acid groups (broad SMARTS) is 1. The molecule has 0 aromatic carbocycles. The summed E-state index contributed by atoms with van der Waals surface area (Å²) in [7, 11) is 0. The maximum Gasteiger partial charge on any atom is 0.311 e. The van der Waals surface area contributed by atoms with Crippen molar-refractivity contribution >= 4 is 11.9 Å². The molecule has 18 heavy (non-hydrogen) atoms. The molecule has 2 N–H and O–H groups in total. The molecule has 98 valence electrons. The van der Waals surface area contributed by atoms with Crippen LogP contribution in [0, 0.1) is 11.2 Å². The summed E-state index contributed by atoms with van der Waals surface area (Å²) in [6.07, 6.45) is 2.59. The zero-order valence-corrected chi connectivity index (χ0v) is 10.2. The Bertz CT molecular complexity index is 464. The largest absolute Gasteiger partial charge is 0.481 e. The van der Waals surface area contributed by atoms with Crippen LogP contribution < -0.4 is 5.32 Å². The van der Waals surface area contributed by atoms with Crippen molar-refractivity contribution in [3.8, 4) is 0 Å². The van der Waals surface area contributed by atoms with Gasteiger partial charge in [0.1, 0.15) is 5.82 Å². The first kappa shape index (κ1) is 14.1. The van der Waals surface area contributed by atoms with E-state index in [4.69, 9.17) is 5.11 Å². The average molecular weight is 254 g/mol. The number of rotatable bonds is 5. The second kappa shape index (κ2) is 5.57. The van der Waals surface area contributed by atoms with Gasteiger partial charge in [-0.25, -0.2) is 4.39 Å². The van der Waals surface area contributed by atoms with Crippen LogP contribution in [0.2, 0.25) is 0 Å². The van der Waals surface area contributed by atoms with E-state index >= 15 is 0 Å². The molecule has 1 heterocycles. The smallest absolute Gasteiger partial charge is 0.311 e. The van der Waals surface area contributed by atoms with Crippen molar-refractivity contribution in [1.82, 2.24) is 10.3 Å². The summed E-state index contributed by atoms with van der Waals surface area (Å²) >= 11 is 0. The van der Waals surface area contributed by atoms with Gasteiger partial charge in [0, 0.05) is 12.7 Å². The van der Waals surface area contributed by atoms with Crippen LogP contribution in [0.5, 0.6) is 0 Å². The molecule has 0 aliphatic heterocycles. The molecule has 1 aromatic rings. The number of hydrogen-bond acceptors (Lipinski definition) is 3. The Labute approximate surface area is 104 Å². The quantitative estimate of drug-likeness (QED) is 0.833. The van der Waals surface area contributed by atoms with Gasteiger partial charge in [0.15, 0.2) is 0 Å². The van der Waals surface area contributed by atoms with Gasteiger partial charge in [-0.3, -0.25) is 14.6 Å². The molecule has 1 rings (SSSR count). The average Bonchev–Trinajstić information content (AvgIpc) is 2.35. The van der Waals surface area contributed by atoms with E-state index in [2.05, 4.69) is 10.3 Å². The fraction of sp³-hybridized carbons (Fsp3) is 0.417. The van der Waals surface area contributed by atoms with Crippen molar-refractivity contribution in [2.75, 3.05) is 6.54 Å². The summed E-state index contributed by atoms with van der Waals surface area (Å²) in [5, 5.41) is 11.5. The van der Waals surface area contributed by atoms with E-state index in [0.29, 0.717) is 6.42 Å². The number of pyridine rings is 1. The fourth-order valence-electron chi connectivity index (χ4n) is 1.27. The van der Waals surface area contributed by atoms with Gasteiger partial charge in [-0.1, -0.05) is 6.92 Å². The lowest BCUT2D eigenvalue weighted by atomic mass is 9.87. The first-order valence-electron chi connectivity index (χ1n) is 5.51. The third-order valence-electron chi connectivity index (χ3n) is 2.90. The molecule has 0 bridgehead atoms. The van der Waals surface area contributed by atoms with Gasteiger partial charge in [-0.2, -0.15) is 0 Å². The number of halogens is 1. The Morgan fingerprint density at radius 2 is 2.17 bits per heavy atom. The lowest BCUT2D eigenvalue weighted by Crippen LogP contribution is -2.40. The minimum Gasteiger partial charge on any atom is -0.481 e. The molecule has 0 spiro atoms. The number of carbonyl (C=O) groups excluding carboxylic acids is 1. The maximum atomic E-state index is 12.9. The number of carboxylic acids is 1. The van der Waals surface area contributed by atoms with Crippen LogP contribution in [0.15, 0.2) is 18.5 Å². The van der Waals surface area contributed by atoms with Crippen molar-refractivity contribution in [2.24, 2.45) is 5.41 Å². The minimum absolute atomic E-state index is 0.0197. The Balaban J connectivity index is 2.69. The lowest BCUT2D eigenvalue weighted by molar-refractivity contribution is -0.147. The monoisotopic (exact) mass is 254 g/mol. The number of hydrogen-bond donors (Lipinski definition) is 2. The molecule has 0 radical (unpaired) electrons. The van der Waals surface area contributed by atoms with E-state index < -0.39 is 23.1 Å². The van der Waals surface area contributed by atoms with Gasteiger partial charge >= 0.3 is 5.97 Å². The van der Waals surface area contributed by atoms with Gasteiger partial charge in [0.2, 0.25) is 0 Å². The van der Waals surface area contributed by atoms with Crippen molar-refractivity contribution in [1.29, 1.82) is 0 Å². The summed E-state index contributed by atoms with van der Waals surface area (Å²) in [6.45, 7) is 3.25. The predicted molar refractivity (Wildman–Crippen MR) is 62.6 cm³/mol. The third-order valence-corrected chi connectivity index (χ3v) is 2.90. The molecule has 0 aliphatic rings. The molecular formula is C12H15FN2O3. The first-order valence-corrected chi connectivity index (χ1v) is 5.51. The van der Waals surface area contributed by atoms with E-state index in [1.54, 1.807) is 13.8 Å². The molecule has 5 nitrogen and oxygen atoms in total. The van der Waals surface area contributed by atoms with E-state index in [0.717, 1.165) is 12.3 Å². The third kappa shape index (κ3) is 3.26. The van der Waals surface area contributed by atoms with Gasteiger partial charge in [-0.05, 0) is 19.4 Å². The number of nitrogens with zero attached hydrogens (tertiary/aromatic N) is 1. The van der Waals surface area contributed by atoms with Crippen LogP contribution in [-0.2, 0) is 4.79 Å². The van der Waals surface area contributed by atoms with E-state index in [9.17, 15) is 14.0 Å². The van der Waals surface area contributed by atoms with Gasteiger partial charge in [-0.15, -0.1) is 0 Å². The van der Waals surface area contributed by atoms with Gasteiger partial charge in [0.25, 0.3) is 5.91 Å². The maximum absolute atomic E-state index is 12.9. The standard InChI is InChI=1S/C12H15FN2O3/c1-3-12(2,11(17)18)7-15-10(16)8-4-9(13)6-14-5-8/h4-6H,3,7H2,1-2H3,(H,15,16)(H,17,18). The van der Waals surface area contributed by atoms with Crippen molar-refractivity contribution < 1.29 is 19.1 Å².